The molecule has 1 N–H and O–H groups in total. The third-order valence-corrected chi connectivity index (χ3v) is 4.74. The van der Waals surface area contributed by atoms with Gasteiger partial charge in [-0.1, -0.05) is 6.07 Å². The fourth-order valence-corrected chi connectivity index (χ4v) is 3.08. The Bertz CT molecular complexity index is 1150. The Labute approximate surface area is 185 Å². The van der Waals surface area contributed by atoms with Gasteiger partial charge < -0.3 is 29.0 Å². The van der Waals surface area contributed by atoms with Gasteiger partial charge in [0.2, 0.25) is 11.7 Å². The van der Waals surface area contributed by atoms with Crippen LogP contribution in [0.25, 0.3) is 5.78 Å². The molecule has 0 saturated carbocycles. The summed E-state index contributed by atoms with van der Waals surface area (Å²) in [6.07, 6.45) is 1.48. The van der Waals surface area contributed by atoms with Gasteiger partial charge in [-0.05, 0) is 38.7 Å². The molecule has 0 radical (unpaired) electrons. The van der Waals surface area contributed by atoms with Crippen molar-refractivity contribution in [1.29, 1.82) is 0 Å². The second-order valence-electron chi connectivity index (χ2n) is 7.26. The zero-order chi connectivity index (χ0) is 23.3. The van der Waals surface area contributed by atoms with Crippen LogP contribution in [-0.4, -0.2) is 71.5 Å². The van der Waals surface area contributed by atoms with E-state index in [9.17, 15) is 9.59 Å². The first-order valence-electron chi connectivity index (χ1n) is 10.1. The molecular formula is C21H28N6O5. The van der Waals surface area contributed by atoms with Crippen LogP contribution >= 0.6 is 0 Å². The number of carbonyl (C=O) groups is 1. The first-order chi connectivity index (χ1) is 15.4. The van der Waals surface area contributed by atoms with Crippen LogP contribution in [0.15, 0.2) is 29.2 Å². The second-order valence-corrected chi connectivity index (χ2v) is 7.26. The maximum Gasteiger partial charge on any atom is 0.345 e. The van der Waals surface area contributed by atoms with Crippen LogP contribution in [-0.2, 0) is 17.8 Å². The van der Waals surface area contributed by atoms with Crippen LogP contribution in [0, 0.1) is 0 Å². The second kappa shape index (κ2) is 10.1. The van der Waals surface area contributed by atoms with Gasteiger partial charge in [-0.3, -0.25) is 4.79 Å². The summed E-state index contributed by atoms with van der Waals surface area (Å²) in [5.74, 6) is 1.15. The van der Waals surface area contributed by atoms with Gasteiger partial charge in [-0.15, -0.1) is 5.10 Å². The molecule has 2 aromatic heterocycles. The lowest BCUT2D eigenvalue weighted by Gasteiger charge is -2.13. The molecule has 2 heterocycles. The third kappa shape index (κ3) is 4.99. The molecule has 11 nitrogen and oxygen atoms in total. The summed E-state index contributed by atoms with van der Waals surface area (Å²) in [6.45, 7) is 3.45. The molecule has 0 aliphatic rings. The minimum absolute atomic E-state index is 0.0885. The van der Waals surface area contributed by atoms with Crippen LogP contribution in [0.4, 0.5) is 5.95 Å². The predicted molar refractivity (Wildman–Crippen MR) is 119 cm³/mol. The highest BCUT2D eigenvalue weighted by molar-refractivity contribution is 5.88. The molecule has 0 unspecified atom stereocenters. The van der Waals surface area contributed by atoms with Gasteiger partial charge in [0.25, 0.3) is 5.56 Å². The van der Waals surface area contributed by atoms with E-state index < -0.39 is 11.5 Å². The van der Waals surface area contributed by atoms with Crippen LogP contribution in [0.3, 0.4) is 0 Å². The minimum atomic E-state index is -0.687. The number of anilines is 1. The van der Waals surface area contributed by atoms with Gasteiger partial charge in [0.15, 0.2) is 11.5 Å². The fourth-order valence-electron chi connectivity index (χ4n) is 3.08. The smallest absolute Gasteiger partial charge is 0.345 e. The van der Waals surface area contributed by atoms with Crippen LogP contribution in [0.2, 0.25) is 0 Å². The Morgan fingerprint density at radius 2 is 1.94 bits per heavy atom. The van der Waals surface area contributed by atoms with E-state index in [2.05, 4.69) is 15.4 Å². The Morgan fingerprint density at radius 3 is 2.59 bits per heavy atom. The molecule has 0 saturated heterocycles. The number of esters is 1. The average molecular weight is 444 g/mol. The number of likely N-dealkylation sites (N-methyl/N-ethyl adjacent to an activating group) is 1. The molecule has 172 valence electrons. The third-order valence-electron chi connectivity index (χ3n) is 4.74. The highest BCUT2D eigenvalue weighted by atomic mass is 16.5. The number of hydrogen-bond donors (Lipinski definition) is 1. The first kappa shape index (κ1) is 23.1. The molecule has 0 spiro atoms. The van der Waals surface area contributed by atoms with Crippen molar-refractivity contribution in [2.45, 2.75) is 20.0 Å². The fraction of sp³-hybridized carbons (Fsp3) is 0.429. The molecular weight excluding hydrogens is 416 g/mol. The Morgan fingerprint density at radius 1 is 1.19 bits per heavy atom. The molecule has 0 aliphatic heterocycles. The molecule has 0 atom stereocenters. The van der Waals surface area contributed by atoms with Crippen molar-refractivity contribution in [3.05, 3.63) is 45.9 Å². The zero-order valence-corrected chi connectivity index (χ0v) is 18.9. The van der Waals surface area contributed by atoms with Crippen LogP contribution < -0.4 is 20.3 Å². The van der Waals surface area contributed by atoms with Gasteiger partial charge in [0.05, 0.1) is 20.8 Å². The van der Waals surface area contributed by atoms with E-state index in [1.165, 1.54) is 6.20 Å². The van der Waals surface area contributed by atoms with Crippen molar-refractivity contribution in [3.63, 3.8) is 0 Å². The van der Waals surface area contributed by atoms with E-state index in [1.807, 2.05) is 37.2 Å². The van der Waals surface area contributed by atoms with Crippen molar-refractivity contribution in [3.8, 4) is 11.5 Å². The molecule has 0 bridgehead atoms. The molecule has 0 amide bonds. The summed E-state index contributed by atoms with van der Waals surface area (Å²) in [6, 6.07) is 5.54. The van der Waals surface area contributed by atoms with Crippen molar-refractivity contribution in [2.24, 2.45) is 0 Å². The lowest BCUT2D eigenvalue weighted by Crippen LogP contribution is -2.29. The van der Waals surface area contributed by atoms with Crippen molar-refractivity contribution in [2.75, 3.05) is 46.8 Å². The molecule has 0 fully saturated rings. The van der Waals surface area contributed by atoms with E-state index in [1.54, 1.807) is 25.7 Å². The first-order valence-corrected chi connectivity index (χ1v) is 10.1. The number of carbonyl (C=O) groups excluding carboxylic acids is 1. The number of ether oxygens (including phenoxy) is 3. The quantitative estimate of drug-likeness (QED) is 0.462. The number of benzene rings is 1. The molecule has 3 aromatic rings. The van der Waals surface area contributed by atoms with Gasteiger partial charge in [-0.25, -0.2) is 4.79 Å². The monoisotopic (exact) mass is 444 g/mol. The summed E-state index contributed by atoms with van der Waals surface area (Å²) in [5, 5.41) is 7.39. The predicted octanol–water partition coefficient (Wildman–Crippen LogP) is 1.26. The normalized spacial score (nSPS) is 11.1. The Hall–Kier alpha value is -3.60. The summed E-state index contributed by atoms with van der Waals surface area (Å²) < 4.78 is 18.5. The Kier molecular flexibility index (Phi) is 7.31. The number of aromatic nitrogens is 4. The van der Waals surface area contributed by atoms with E-state index >= 15 is 0 Å². The SMILES string of the molecule is CCOC(=O)c1cn(CCN(C)C)c2nc(NCc3ccc(OC)c(OC)c3)nn2c1=O. The number of methoxy groups -OCH3 is 2. The van der Waals surface area contributed by atoms with E-state index in [-0.39, 0.29) is 18.1 Å². The largest absolute Gasteiger partial charge is 0.493 e. The van der Waals surface area contributed by atoms with Gasteiger partial charge in [0, 0.05) is 25.8 Å². The number of rotatable bonds is 10. The van der Waals surface area contributed by atoms with E-state index in [4.69, 9.17) is 14.2 Å². The van der Waals surface area contributed by atoms with Crippen molar-refractivity contribution in [1.82, 2.24) is 24.1 Å². The van der Waals surface area contributed by atoms with Gasteiger partial charge >= 0.3 is 5.97 Å². The maximum atomic E-state index is 12.9. The highest BCUT2D eigenvalue weighted by Gasteiger charge is 2.19. The molecule has 1 aromatic carbocycles. The Balaban J connectivity index is 1.93. The van der Waals surface area contributed by atoms with Crippen LogP contribution in [0.1, 0.15) is 22.8 Å². The van der Waals surface area contributed by atoms with E-state index in [0.29, 0.717) is 36.9 Å². The topological polar surface area (TPSA) is 112 Å². The summed E-state index contributed by atoms with van der Waals surface area (Å²) >= 11 is 0. The zero-order valence-electron chi connectivity index (χ0n) is 18.9. The molecule has 0 aliphatic carbocycles. The highest BCUT2D eigenvalue weighted by Crippen LogP contribution is 2.27. The summed E-state index contributed by atoms with van der Waals surface area (Å²) in [5.41, 5.74) is 0.247. The number of hydrogen-bond acceptors (Lipinski definition) is 9. The minimum Gasteiger partial charge on any atom is -0.493 e. The van der Waals surface area contributed by atoms with E-state index in [0.717, 1.165) is 10.1 Å². The standard InChI is InChI=1S/C21H28N6O5/c1-6-32-19(29)15-13-26(10-9-25(2)3)21-23-20(24-27(21)18(15)28)22-12-14-7-8-16(30-4)17(11-14)31-5/h7-8,11,13H,6,9-10,12H2,1-5H3,(H,22,24). The van der Waals surface area contributed by atoms with Gasteiger partial charge in [0.1, 0.15) is 5.56 Å². The summed E-state index contributed by atoms with van der Waals surface area (Å²) in [7, 11) is 7.02. The van der Waals surface area contributed by atoms with Crippen LogP contribution in [0.5, 0.6) is 11.5 Å². The summed E-state index contributed by atoms with van der Waals surface area (Å²) in [4.78, 5) is 31.6. The van der Waals surface area contributed by atoms with Gasteiger partial charge in [-0.2, -0.15) is 9.50 Å². The molecule has 11 heteroatoms. The number of nitrogens with zero attached hydrogens (tertiary/aromatic N) is 5. The lowest BCUT2D eigenvalue weighted by molar-refractivity contribution is 0.0522. The lowest BCUT2D eigenvalue weighted by atomic mass is 10.2. The van der Waals surface area contributed by atoms with Crippen molar-refractivity contribution >= 4 is 17.7 Å². The van der Waals surface area contributed by atoms with Crippen molar-refractivity contribution < 1.29 is 19.0 Å². The number of fused-ring (bicyclic) bond motifs is 1. The molecule has 3 rings (SSSR count). The molecule has 32 heavy (non-hydrogen) atoms. The average Bonchev–Trinajstić information content (AvgIpc) is 3.22. The number of nitrogens with one attached hydrogen (secondary N) is 1. The maximum absolute atomic E-state index is 12.9.